The first-order chi connectivity index (χ1) is 18.8. The first kappa shape index (κ1) is 25.2. The van der Waals surface area contributed by atoms with Crippen LogP contribution >= 0.6 is 0 Å². The molecule has 0 saturated carbocycles. The standard InChI is InChI=1S/C29H28F2N8/c1-17-18(2)34-29-27(33-17)26(24-5-4-19(14-32)10-25(24)31)35-28(36-29)20-11-21(30)13-22(12-20)38-6-8-39(9-7-38)23-15-37(3)16-23/h4-5,10-13,23H,6-9,15-16H2,1-3H3. The number of nitrogens with zero attached hydrogens (tertiary/aromatic N) is 8. The molecule has 0 unspecified atom stereocenters. The summed E-state index contributed by atoms with van der Waals surface area (Å²) in [6.45, 7) is 9.27. The third-order valence-electron chi connectivity index (χ3n) is 7.68. The van der Waals surface area contributed by atoms with E-state index in [4.69, 9.17) is 0 Å². The first-order valence-electron chi connectivity index (χ1n) is 13.0. The van der Waals surface area contributed by atoms with E-state index in [-0.39, 0.29) is 22.6 Å². The molecule has 4 aromatic rings. The minimum atomic E-state index is -0.601. The molecule has 4 heterocycles. The summed E-state index contributed by atoms with van der Waals surface area (Å²) >= 11 is 0. The Labute approximate surface area is 225 Å². The predicted molar refractivity (Wildman–Crippen MR) is 145 cm³/mol. The van der Waals surface area contributed by atoms with E-state index in [1.807, 2.05) is 26.0 Å². The first-order valence-corrected chi connectivity index (χ1v) is 13.0. The minimum absolute atomic E-state index is 0.176. The number of likely N-dealkylation sites (N-methyl/N-ethyl adjacent to an activating group) is 1. The highest BCUT2D eigenvalue weighted by Crippen LogP contribution is 2.32. The van der Waals surface area contributed by atoms with Crippen molar-refractivity contribution in [1.82, 2.24) is 29.7 Å². The zero-order chi connectivity index (χ0) is 27.3. The molecular formula is C29H28F2N8. The molecule has 39 heavy (non-hydrogen) atoms. The van der Waals surface area contributed by atoms with Crippen LogP contribution in [-0.4, -0.2) is 82.1 Å². The molecule has 0 atom stereocenters. The molecule has 2 aromatic heterocycles. The Kier molecular flexibility index (Phi) is 6.41. The molecule has 0 N–H and O–H groups in total. The highest BCUT2D eigenvalue weighted by Gasteiger charge is 2.31. The van der Waals surface area contributed by atoms with E-state index in [0.717, 1.165) is 45.0 Å². The van der Waals surface area contributed by atoms with Crippen LogP contribution in [0.4, 0.5) is 14.5 Å². The monoisotopic (exact) mass is 526 g/mol. The number of likely N-dealkylation sites (tertiary alicyclic amines) is 1. The molecule has 2 saturated heterocycles. The number of aromatic nitrogens is 4. The van der Waals surface area contributed by atoms with Crippen LogP contribution in [0, 0.1) is 36.8 Å². The fraction of sp³-hybridized carbons (Fsp3) is 0.345. The van der Waals surface area contributed by atoms with Gasteiger partial charge >= 0.3 is 0 Å². The molecule has 0 aliphatic carbocycles. The van der Waals surface area contributed by atoms with Crippen LogP contribution < -0.4 is 4.90 Å². The highest BCUT2D eigenvalue weighted by atomic mass is 19.1. The Morgan fingerprint density at radius 1 is 0.897 bits per heavy atom. The average Bonchev–Trinajstić information content (AvgIpc) is 2.91. The van der Waals surface area contributed by atoms with Crippen molar-refractivity contribution in [2.24, 2.45) is 0 Å². The van der Waals surface area contributed by atoms with E-state index in [9.17, 15) is 9.65 Å². The average molecular weight is 527 g/mol. The lowest BCUT2D eigenvalue weighted by Gasteiger charge is -2.47. The number of fused-ring (bicyclic) bond motifs is 1. The van der Waals surface area contributed by atoms with Crippen molar-refractivity contribution < 1.29 is 8.78 Å². The van der Waals surface area contributed by atoms with Gasteiger partial charge in [-0.25, -0.2) is 28.7 Å². The van der Waals surface area contributed by atoms with Gasteiger partial charge < -0.3 is 9.80 Å². The van der Waals surface area contributed by atoms with Crippen LogP contribution in [0.15, 0.2) is 36.4 Å². The van der Waals surface area contributed by atoms with Crippen LogP contribution in [-0.2, 0) is 0 Å². The molecule has 198 valence electrons. The molecule has 8 nitrogen and oxygen atoms in total. The summed E-state index contributed by atoms with van der Waals surface area (Å²) in [6, 6.07) is 11.5. The highest BCUT2D eigenvalue weighted by molar-refractivity contribution is 5.89. The molecule has 6 rings (SSSR count). The van der Waals surface area contributed by atoms with Gasteiger partial charge in [0.2, 0.25) is 0 Å². The Hall–Kier alpha value is -4.07. The van der Waals surface area contributed by atoms with Gasteiger partial charge in [-0.05, 0) is 57.3 Å². The van der Waals surface area contributed by atoms with Gasteiger partial charge in [-0.2, -0.15) is 5.26 Å². The molecule has 2 fully saturated rings. The summed E-state index contributed by atoms with van der Waals surface area (Å²) < 4.78 is 30.1. The van der Waals surface area contributed by atoms with Crippen molar-refractivity contribution in [3.05, 3.63) is 65.0 Å². The molecule has 10 heteroatoms. The van der Waals surface area contributed by atoms with E-state index in [1.165, 1.54) is 30.3 Å². The lowest BCUT2D eigenvalue weighted by molar-refractivity contribution is 0.0488. The molecule has 0 radical (unpaired) electrons. The second-order valence-electron chi connectivity index (χ2n) is 10.4. The molecule has 2 aromatic carbocycles. The van der Waals surface area contributed by atoms with Crippen molar-refractivity contribution in [3.8, 4) is 28.7 Å². The second-order valence-corrected chi connectivity index (χ2v) is 10.4. The number of halogens is 2. The number of benzene rings is 2. The van der Waals surface area contributed by atoms with Gasteiger partial charge in [0.1, 0.15) is 22.8 Å². The lowest BCUT2D eigenvalue weighted by atomic mass is 10.1. The Bertz CT molecular complexity index is 1620. The van der Waals surface area contributed by atoms with Gasteiger partial charge in [0.15, 0.2) is 11.5 Å². The number of hydrogen-bond donors (Lipinski definition) is 0. The van der Waals surface area contributed by atoms with Crippen molar-refractivity contribution >= 4 is 16.9 Å². The molecular weight excluding hydrogens is 498 g/mol. The van der Waals surface area contributed by atoms with Gasteiger partial charge in [0.25, 0.3) is 0 Å². The molecule has 0 amide bonds. The van der Waals surface area contributed by atoms with Gasteiger partial charge in [0.05, 0.1) is 23.0 Å². The summed E-state index contributed by atoms with van der Waals surface area (Å²) in [6.07, 6.45) is 0. The van der Waals surface area contributed by atoms with Crippen LogP contribution in [0.5, 0.6) is 0 Å². The topological polar surface area (TPSA) is 85.1 Å². The number of piperazine rings is 1. The second kappa shape index (κ2) is 9.91. The molecule has 2 aliphatic rings. The zero-order valence-corrected chi connectivity index (χ0v) is 22.1. The summed E-state index contributed by atoms with van der Waals surface area (Å²) in [4.78, 5) is 25.5. The maximum atomic E-state index is 15.1. The van der Waals surface area contributed by atoms with Gasteiger partial charge in [0, 0.05) is 62.1 Å². The maximum absolute atomic E-state index is 15.1. The lowest BCUT2D eigenvalue weighted by Crippen LogP contribution is -2.61. The number of anilines is 1. The molecule has 0 spiro atoms. The number of hydrogen-bond acceptors (Lipinski definition) is 8. The van der Waals surface area contributed by atoms with Gasteiger partial charge in [-0.1, -0.05) is 0 Å². The van der Waals surface area contributed by atoms with E-state index in [1.54, 1.807) is 0 Å². The fourth-order valence-electron chi connectivity index (χ4n) is 5.33. The van der Waals surface area contributed by atoms with E-state index in [0.29, 0.717) is 34.2 Å². The summed E-state index contributed by atoms with van der Waals surface area (Å²) in [5.41, 5.74) is 3.87. The largest absolute Gasteiger partial charge is 0.369 e. The zero-order valence-electron chi connectivity index (χ0n) is 22.1. The Morgan fingerprint density at radius 2 is 1.64 bits per heavy atom. The summed E-state index contributed by atoms with van der Waals surface area (Å²) in [7, 11) is 2.13. The number of rotatable bonds is 4. The predicted octanol–water partition coefficient (Wildman–Crippen LogP) is 3.96. The Balaban J connectivity index is 1.40. The van der Waals surface area contributed by atoms with Crippen molar-refractivity contribution in [3.63, 3.8) is 0 Å². The van der Waals surface area contributed by atoms with E-state index >= 15 is 4.39 Å². The van der Waals surface area contributed by atoms with Crippen LogP contribution in [0.3, 0.4) is 0 Å². The summed E-state index contributed by atoms with van der Waals surface area (Å²) in [5, 5.41) is 9.17. The third kappa shape index (κ3) is 4.80. The maximum Gasteiger partial charge on any atom is 0.182 e. The minimum Gasteiger partial charge on any atom is -0.369 e. The summed E-state index contributed by atoms with van der Waals surface area (Å²) in [5.74, 6) is -0.766. The van der Waals surface area contributed by atoms with Crippen molar-refractivity contribution in [2.75, 3.05) is 51.2 Å². The Morgan fingerprint density at radius 3 is 2.33 bits per heavy atom. The SMILES string of the molecule is Cc1nc2nc(-c3cc(F)cc(N4CCN(C5CN(C)C5)CC4)c3)nc(-c3ccc(C#N)cc3F)c2nc1C. The van der Waals surface area contributed by atoms with Crippen LogP contribution in [0.1, 0.15) is 17.0 Å². The van der Waals surface area contributed by atoms with Crippen molar-refractivity contribution in [2.45, 2.75) is 19.9 Å². The van der Waals surface area contributed by atoms with Crippen molar-refractivity contribution in [1.29, 1.82) is 5.26 Å². The number of nitriles is 1. The van der Waals surface area contributed by atoms with Gasteiger partial charge in [-0.3, -0.25) is 4.90 Å². The fourth-order valence-corrected chi connectivity index (χ4v) is 5.33. The molecule has 0 bridgehead atoms. The normalized spacial score (nSPS) is 16.9. The smallest absolute Gasteiger partial charge is 0.182 e. The van der Waals surface area contributed by atoms with Crippen LogP contribution in [0.2, 0.25) is 0 Å². The van der Waals surface area contributed by atoms with E-state index in [2.05, 4.69) is 41.7 Å². The van der Waals surface area contributed by atoms with Crippen LogP contribution in [0.25, 0.3) is 33.8 Å². The number of aryl methyl sites for hydroxylation is 2. The molecule has 2 aliphatic heterocycles. The van der Waals surface area contributed by atoms with E-state index < -0.39 is 11.6 Å². The third-order valence-corrected chi connectivity index (χ3v) is 7.68. The quantitative estimate of drug-likeness (QED) is 0.395. The van der Waals surface area contributed by atoms with Gasteiger partial charge in [-0.15, -0.1) is 0 Å².